The zero-order valence-corrected chi connectivity index (χ0v) is 14.0. The molecule has 2 aromatic heterocycles. The lowest BCUT2D eigenvalue weighted by atomic mass is 9.95. The van der Waals surface area contributed by atoms with Crippen LogP contribution in [0.3, 0.4) is 0 Å². The van der Waals surface area contributed by atoms with Crippen LogP contribution in [0.15, 0.2) is 54.9 Å². The number of hydrogen-bond acceptors (Lipinski definition) is 5. The number of nitrogens with one attached hydrogen (secondary N) is 1. The number of aliphatic hydroxyl groups excluding tert-OH is 1. The molecule has 0 fully saturated rings. The van der Waals surface area contributed by atoms with Crippen molar-refractivity contribution >= 4 is 5.97 Å². The van der Waals surface area contributed by atoms with Crippen LogP contribution in [0.1, 0.15) is 35.6 Å². The van der Waals surface area contributed by atoms with Crippen LogP contribution in [0.4, 0.5) is 0 Å². The van der Waals surface area contributed by atoms with E-state index in [-0.39, 0.29) is 5.97 Å². The average Bonchev–Trinajstić information content (AvgIpc) is 3.21. The Morgan fingerprint density at radius 2 is 1.96 bits per heavy atom. The van der Waals surface area contributed by atoms with E-state index < -0.39 is 12.0 Å². The van der Waals surface area contributed by atoms with E-state index in [0.29, 0.717) is 11.1 Å². The Balaban J connectivity index is 1.83. The number of benzene rings is 1. The lowest BCUT2D eigenvalue weighted by Gasteiger charge is -2.15. The molecule has 3 rings (SSSR count). The summed E-state index contributed by atoms with van der Waals surface area (Å²) in [5.41, 5.74) is 3.73. The van der Waals surface area contributed by atoms with Crippen molar-refractivity contribution in [1.82, 2.24) is 15.2 Å². The van der Waals surface area contributed by atoms with E-state index in [1.54, 1.807) is 19.3 Å². The number of pyridine rings is 1. The second kappa shape index (κ2) is 7.27. The third-order valence-corrected chi connectivity index (χ3v) is 4.16. The number of aromatic amines is 1. The standard InChI is InChI=1S/C19H19N3O3/c1-12(19(24)25-2)13-4-3-5-14(10-13)18(23)15-6-7-16(20-11-15)17-8-9-21-22-17/h3-12,18,23H,1-2H3,(H,21,22). The molecule has 0 amide bonds. The molecule has 0 aliphatic heterocycles. The SMILES string of the molecule is COC(=O)C(C)c1cccc(C(O)c2ccc(-c3ccn[nH]3)nc2)c1. The van der Waals surface area contributed by atoms with Crippen LogP contribution < -0.4 is 0 Å². The molecular weight excluding hydrogens is 318 g/mol. The van der Waals surface area contributed by atoms with Crippen LogP contribution in [-0.2, 0) is 9.53 Å². The molecule has 0 spiro atoms. The van der Waals surface area contributed by atoms with E-state index in [1.165, 1.54) is 7.11 Å². The maximum absolute atomic E-state index is 11.7. The first-order chi connectivity index (χ1) is 12.1. The molecular formula is C19H19N3O3. The highest BCUT2D eigenvalue weighted by atomic mass is 16.5. The maximum atomic E-state index is 11.7. The highest BCUT2D eigenvalue weighted by Gasteiger charge is 2.18. The molecule has 128 valence electrons. The normalized spacial score (nSPS) is 13.2. The quantitative estimate of drug-likeness (QED) is 0.699. The lowest BCUT2D eigenvalue weighted by molar-refractivity contribution is -0.141. The topological polar surface area (TPSA) is 88.1 Å². The van der Waals surface area contributed by atoms with Crippen molar-refractivity contribution in [2.45, 2.75) is 18.9 Å². The minimum absolute atomic E-state index is 0.308. The fraction of sp³-hybridized carbons (Fsp3) is 0.211. The van der Waals surface area contributed by atoms with Crippen molar-refractivity contribution in [3.63, 3.8) is 0 Å². The Morgan fingerprint density at radius 3 is 2.60 bits per heavy atom. The fourth-order valence-electron chi connectivity index (χ4n) is 2.63. The van der Waals surface area contributed by atoms with Crippen molar-refractivity contribution in [3.05, 3.63) is 71.5 Å². The Hall–Kier alpha value is -2.99. The molecule has 0 radical (unpaired) electrons. The minimum atomic E-state index is -0.826. The summed E-state index contributed by atoms with van der Waals surface area (Å²) in [4.78, 5) is 16.1. The van der Waals surface area contributed by atoms with Gasteiger partial charge in [0.25, 0.3) is 0 Å². The monoisotopic (exact) mass is 337 g/mol. The Bertz CT molecular complexity index is 845. The van der Waals surface area contributed by atoms with Gasteiger partial charge >= 0.3 is 5.97 Å². The van der Waals surface area contributed by atoms with Gasteiger partial charge in [-0.25, -0.2) is 0 Å². The second-order valence-corrected chi connectivity index (χ2v) is 5.76. The van der Waals surface area contributed by atoms with Gasteiger partial charge in [0.15, 0.2) is 0 Å². The molecule has 6 heteroatoms. The van der Waals surface area contributed by atoms with Gasteiger partial charge in [-0.05, 0) is 30.2 Å². The second-order valence-electron chi connectivity index (χ2n) is 5.76. The minimum Gasteiger partial charge on any atom is -0.469 e. The van der Waals surface area contributed by atoms with Crippen LogP contribution in [-0.4, -0.2) is 33.4 Å². The number of nitrogens with zero attached hydrogens (tertiary/aromatic N) is 2. The molecule has 1 aromatic carbocycles. The molecule has 0 aliphatic rings. The van der Waals surface area contributed by atoms with E-state index in [1.807, 2.05) is 42.5 Å². The van der Waals surface area contributed by atoms with E-state index in [0.717, 1.165) is 17.0 Å². The van der Waals surface area contributed by atoms with Gasteiger partial charge in [0.05, 0.1) is 24.4 Å². The molecule has 6 nitrogen and oxygen atoms in total. The molecule has 2 heterocycles. The van der Waals surface area contributed by atoms with Crippen LogP contribution in [0, 0.1) is 0 Å². The van der Waals surface area contributed by atoms with E-state index in [2.05, 4.69) is 15.2 Å². The molecule has 0 aliphatic carbocycles. The first kappa shape index (κ1) is 16.9. The van der Waals surface area contributed by atoms with Gasteiger partial charge in [-0.15, -0.1) is 0 Å². The fourth-order valence-corrected chi connectivity index (χ4v) is 2.63. The number of aromatic nitrogens is 3. The Morgan fingerprint density at radius 1 is 1.16 bits per heavy atom. The van der Waals surface area contributed by atoms with Gasteiger partial charge in [0, 0.05) is 18.0 Å². The van der Waals surface area contributed by atoms with E-state index in [4.69, 9.17) is 4.74 Å². The van der Waals surface area contributed by atoms with E-state index in [9.17, 15) is 9.90 Å². The Labute approximate surface area is 145 Å². The highest BCUT2D eigenvalue weighted by Crippen LogP contribution is 2.26. The Kier molecular flexibility index (Phi) is 4.90. The molecule has 0 saturated heterocycles. The van der Waals surface area contributed by atoms with Gasteiger partial charge in [-0.3, -0.25) is 14.9 Å². The van der Waals surface area contributed by atoms with Crippen molar-refractivity contribution in [2.24, 2.45) is 0 Å². The lowest BCUT2D eigenvalue weighted by Crippen LogP contribution is -2.11. The van der Waals surface area contributed by atoms with Gasteiger partial charge in [-0.2, -0.15) is 5.10 Å². The van der Waals surface area contributed by atoms with Crippen LogP contribution in [0.25, 0.3) is 11.4 Å². The zero-order chi connectivity index (χ0) is 17.8. The molecule has 3 aromatic rings. The first-order valence-electron chi connectivity index (χ1n) is 7.91. The van der Waals surface area contributed by atoms with Crippen LogP contribution in [0.5, 0.6) is 0 Å². The molecule has 0 saturated carbocycles. The number of carbonyl (C=O) groups is 1. The van der Waals surface area contributed by atoms with Crippen LogP contribution >= 0.6 is 0 Å². The predicted molar refractivity (Wildman–Crippen MR) is 92.8 cm³/mol. The number of carbonyl (C=O) groups excluding carboxylic acids is 1. The molecule has 2 N–H and O–H groups in total. The van der Waals surface area contributed by atoms with Crippen molar-refractivity contribution in [2.75, 3.05) is 7.11 Å². The van der Waals surface area contributed by atoms with Crippen molar-refractivity contribution < 1.29 is 14.6 Å². The molecule has 25 heavy (non-hydrogen) atoms. The molecule has 0 bridgehead atoms. The number of rotatable bonds is 5. The van der Waals surface area contributed by atoms with Gasteiger partial charge in [0.2, 0.25) is 0 Å². The van der Waals surface area contributed by atoms with E-state index >= 15 is 0 Å². The van der Waals surface area contributed by atoms with Crippen LogP contribution in [0.2, 0.25) is 0 Å². The molecule has 2 atom stereocenters. The predicted octanol–water partition coefficient (Wildman–Crippen LogP) is 2.83. The number of hydrogen-bond donors (Lipinski definition) is 2. The summed E-state index contributed by atoms with van der Waals surface area (Å²) in [6.45, 7) is 1.78. The number of methoxy groups -OCH3 is 1. The first-order valence-corrected chi connectivity index (χ1v) is 7.91. The van der Waals surface area contributed by atoms with Crippen molar-refractivity contribution in [3.8, 4) is 11.4 Å². The van der Waals surface area contributed by atoms with Gasteiger partial charge in [0.1, 0.15) is 6.10 Å². The number of ether oxygens (including phenoxy) is 1. The zero-order valence-electron chi connectivity index (χ0n) is 14.0. The number of aliphatic hydroxyl groups is 1. The van der Waals surface area contributed by atoms with Gasteiger partial charge < -0.3 is 9.84 Å². The van der Waals surface area contributed by atoms with Crippen molar-refractivity contribution in [1.29, 1.82) is 0 Å². The number of esters is 1. The highest BCUT2D eigenvalue weighted by molar-refractivity contribution is 5.77. The summed E-state index contributed by atoms with van der Waals surface area (Å²) in [5.74, 6) is -0.699. The maximum Gasteiger partial charge on any atom is 0.312 e. The smallest absolute Gasteiger partial charge is 0.312 e. The summed E-state index contributed by atoms with van der Waals surface area (Å²) >= 11 is 0. The largest absolute Gasteiger partial charge is 0.469 e. The van der Waals surface area contributed by atoms with Gasteiger partial charge in [-0.1, -0.05) is 30.3 Å². The summed E-state index contributed by atoms with van der Waals surface area (Å²) < 4.78 is 4.78. The average molecular weight is 337 g/mol. The third kappa shape index (κ3) is 3.59. The summed E-state index contributed by atoms with van der Waals surface area (Å²) in [6, 6.07) is 12.8. The number of H-pyrrole nitrogens is 1. The summed E-state index contributed by atoms with van der Waals surface area (Å²) in [7, 11) is 1.37. The molecule has 2 unspecified atom stereocenters. The third-order valence-electron chi connectivity index (χ3n) is 4.16. The summed E-state index contributed by atoms with van der Waals surface area (Å²) in [5, 5.41) is 17.4. The summed E-state index contributed by atoms with van der Waals surface area (Å²) in [6.07, 6.45) is 2.47.